The van der Waals surface area contributed by atoms with Gasteiger partial charge in [-0.1, -0.05) is 45.2 Å². The van der Waals surface area contributed by atoms with Crippen molar-refractivity contribution in [1.29, 1.82) is 0 Å². The quantitative estimate of drug-likeness (QED) is 0.444. The van der Waals surface area contributed by atoms with Crippen molar-refractivity contribution in [2.24, 2.45) is 5.92 Å². The van der Waals surface area contributed by atoms with Gasteiger partial charge in [0.05, 0.1) is 6.61 Å². The van der Waals surface area contributed by atoms with Crippen molar-refractivity contribution >= 4 is 16.3 Å². The van der Waals surface area contributed by atoms with E-state index in [1.807, 2.05) is 6.92 Å². The molecule has 1 aromatic rings. The van der Waals surface area contributed by atoms with Crippen molar-refractivity contribution in [1.82, 2.24) is 0 Å². The second kappa shape index (κ2) is 8.75. The first-order chi connectivity index (χ1) is 10.4. The SMILES string of the molecule is CCCCC(CC)COC(=O)Oc1ccccc1S(=O)(=O)O. The Balaban J connectivity index is 2.63. The Morgan fingerprint density at radius 3 is 2.55 bits per heavy atom. The number of rotatable bonds is 8. The van der Waals surface area contributed by atoms with E-state index in [-0.39, 0.29) is 18.3 Å². The minimum absolute atomic E-state index is 0.226. The summed E-state index contributed by atoms with van der Waals surface area (Å²) < 4.78 is 41.4. The highest BCUT2D eigenvalue weighted by atomic mass is 32.2. The van der Waals surface area contributed by atoms with Crippen molar-refractivity contribution in [2.75, 3.05) is 6.61 Å². The lowest BCUT2D eigenvalue weighted by molar-refractivity contribution is 0.0803. The summed E-state index contributed by atoms with van der Waals surface area (Å²) in [6.07, 6.45) is 2.99. The molecule has 0 heterocycles. The fourth-order valence-electron chi connectivity index (χ4n) is 1.95. The Morgan fingerprint density at radius 1 is 1.27 bits per heavy atom. The first-order valence-corrected chi connectivity index (χ1v) is 8.73. The van der Waals surface area contributed by atoms with Gasteiger partial charge in [-0.15, -0.1) is 0 Å². The third-order valence-electron chi connectivity index (χ3n) is 3.30. The van der Waals surface area contributed by atoms with Crippen LogP contribution in [-0.2, 0) is 14.9 Å². The second-order valence-electron chi connectivity index (χ2n) is 5.00. The van der Waals surface area contributed by atoms with Crippen LogP contribution in [0.2, 0.25) is 0 Å². The number of ether oxygens (including phenoxy) is 2. The smallest absolute Gasteiger partial charge is 0.434 e. The zero-order valence-electron chi connectivity index (χ0n) is 12.8. The summed E-state index contributed by atoms with van der Waals surface area (Å²) >= 11 is 0. The average molecular weight is 330 g/mol. The third kappa shape index (κ3) is 6.03. The number of benzene rings is 1. The normalized spacial score (nSPS) is 12.7. The molecule has 0 saturated heterocycles. The summed E-state index contributed by atoms with van der Waals surface area (Å²) in [5.74, 6) is 0.000856. The van der Waals surface area contributed by atoms with Crippen LogP contribution in [0.25, 0.3) is 0 Å². The lowest BCUT2D eigenvalue weighted by Gasteiger charge is -2.14. The van der Waals surface area contributed by atoms with E-state index in [0.717, 1.165) is 31.7 Å². The van der Waals surface area contributed by atoms with Crippen LogP contribution in [0, 0.1) is 5.92 Å². The minimum atomic E-state index is -4.46. The van der Waals surface area contributed by atoms with E-state index in [1.54, 1.807) is 0 Å². The van der Waals surface area contributed by atoms with Crippen LogP contribution in [-0.4, -0.2) is 25.7 Å². The fraction of sp³-hybridized carbons (Fsp3) is 0.533. The Morgan fingerprint density at radius 2 is 1.95 bits per heavy atom. The van der Waals surface area contributed by atoms with Gasteiger partial charge in [-0.25, -0.2) is 4.79 Å². The van der Waals surface area contributed by atoms with Gasteiger partial charge in [-0.05, 0) is 24.5 Å². The Kier molecular flexibility index (Phi) is 7.34. The topological polar surface area (TPSA) is 89.9 Å². The van der Waals surface area contributed by atoms with Gasteiger partial charge in [0.2, 0.25) is 0 Å². The standard InChI is InChI=1S/C15H22O6S/c1-3-5-8-12(4-2)11-20-15(16)21-13-9-6-7-10-14(13)22(17,18)19/h6-7,9-10,12H,3-5,8,11H2,1-2H3,(H,17,18,19). The van der Waals surface area contributed by atoms with Gasteiger partial charge >= 0.3 is 6.16 Å². The molecule has 1 aromatic carbocycles. The zero-order chi connectivity index (χ0) is 16.6. The molecule has 0 saturated carbocycles. The van der Waals surface area contributed by atoms with Gasteiger partial charge in [-0.2, -0.15) is 8.42 Å². The molecule has 0 aliphatic heterocycles. The Bertz CT molecular complexity index is 581. The van der Waals surface area contributed by atoms with Crippen LogP contribution in [0.1, 0.15) is 39.5 Å². The molecule has 0 aliphatic carbocycles. The summed E-state index contributed by atoms with van der Waals surface area (Å²) in [4.78, 5) is 11.2. The summed E-state index contributed by atoms with van der Waals surface area (Å²) in [5.41, 5.74) is 0. The number of para-hydroxylation sites is 1. The maximum absolute atomic E-state index is 11.7. The number of carbonyl (C=O) groups excluding carboxylic acids is 1. The van der Waals surface area contributed by atoms with Crippen molar-refractivity contribution < 1.29 is 27.2 Å². The van der Waals surface area contributed by atoms with Gasteiger partial charge in [-0.3, -0.25) is 4.55 Å². The number of carbonyl (C=O) groups is 1. The van der Waals surface area contributed by atoms with Gasteiger partial charge in [0.25, 0.3) is 10.1 Å². The molecule has 0 spiro atoms. The Labute approximate surface area is 131 Å². The summed E-state index contributed by atoms with van der Waals surface area (Å²) in [6.45, 7) is 4.33. The summed E-state index contributed by atoms with van der Waals surface area (Å²) in [7, 11) is -4.46. The molecule has 0 bridgehead atoms. The highest BCUT2D eigenvalue weighted by Crippen LogP contribution is 2.23. The molecule has 1 unspecified atom stereocenters. The van der Waals surface area contributed by atoms with Gasteiger partial charge in [0.1, 0.15) is 4.90 Å². The maximum atomic E-state index is 11.7. The largest absolute Gasteiger partial charge is 0.513 e. The van der Waals surface area contributed by atoms with E-state index in [1.165, 1.54) is 18.2 Å². The van der Waals surface area contributed by atoms with Crippen LogP contribution in [0.15, 0.2) is 29.2 Å². The molecular weight excluding hydrogens is 308 g/mol. The van der Waals surface area contributed by atoms with E-state index in [4.69, 9.17) is 14.0 Å². The van der Waals surface area contributed by atoms with Crippen molar-refractivity contribution in [3.8, 4) is 5.75 Å². The number of unbranched alkanes of at least 4 members (excludes halogenated alkanes) is 1. The molecule has 0 fully saturated rings. The first kappa shape index (κ1) is 18.4. The minimum Gasteiger partial charge on any atom is -0.434 e. The lowest BCUT2D eigenvalue weighted by atomic mass is 10.0. The van der Waals surface area contributed by atoms with Crippen LogP contribution < -0.4 is 4.74 Å². The van der Waals surface area contributed by atoms with Crippen molar-refractivity contribution in [3.63, 3.8) is 0 Å². The molecule has 0 aromatic heterocycles. The van der Waals surface area contributed by atoms with E-state index >= 15 is 0 Å². The molecule has 1 rings (SSSR count). The van der Waals surface area contributed by atoms with E-state index in [0.29, 0.717) is 0 Å². The molecule has 7 heteroatoms. The first-order valence-electron chi connectivity index (χ1n) is 7.29. The van der Waals surface area contributed by atoms with E-state index < -0.39 is 21.2 Å². The van der Waals surface area contributed by atoms with Crippen LogP contribution in [0.5, 0.6) is 5.75 Å². The van der Waals surface area contributed by atoms with Crippen molar-refractivity contribution in [3.05, 3.63) is 24.3 Å². The predicted molar refractivity (Wildman–Crippen MR) is 81.5 cm³/mol. The molecule has 0 aliphatic rings. The third-order valence-corrected chi connectivity index (χ3v) is 4.19. The van der Waals surface area contributed by atoms with E-state index in [9.17, 15) is 13.2 Å². The average Bonchev–Trinajstić information content (AvgIpc) is 2.47. The fourth-order valence-corrected chi connectivity index (χ4v) is 2.57. The van der Waals surface area contributed by atoms with Gasteiger partial charge in [0, 0.05) is 0 Å². The second-order valence-corrected chi connectivity index (χ2v) is 6.39. The van der Waals surface area contributed by atoms with Crippen LogP contribution in [0.3, 0.4) is 0 Å². The highest BCUT2D eigenvalue weighted by Gasteiger charge is 2.19. The highest BCUT2D eigenvalue weighted by molar-refractivity contribution is 7.86. The van der Waals surface area contributed by atoms with E-state index in [2.05, 4.69) is 6.92 Å². The molecular formula is C15H22O6S. The lowest BCUT2D eigenvalue weighted by Crippen LogP contribution is -2.17. The monoisotopic (exact) mass is 330 g/mol. The summed E-state index contributed by atoms with van der Waals surface area (Å²) in [5, 5.41) is 0. The van der Waals surface area contributed by atoms with Gasteiger partial charge < -0.3 is 9.47 Å². The van der Waals surface area contributed by atoms with Crippen molar-refractivity contribution in [2.45, 2.75) is 44.4 Å². The molecule has 1 N–H and O–H groups in total. The number of hydrogen-bond donors (Lipinski definition) is 1. The van der Waals surface area contributed by atoms with Gasteiger partial charge in [0.15, 0.2) is 5.75 Å². The predicted octanol–water partition coefficient (Wildman–Crippen LogP) is 3.67. The summed E-state index contributed by atoms with van der Waals surface area (Å²) in [6, 6.07) is 5.33. The Hall–Kier alpha value is -1.60. The molecule has 22 heavy (non-hydrogen) atoms. The van der Waals surface area contributed by atoms with Crippen LogP contribution in [0.4, 0.5) is 4.79 Å². The van der Waals surface area contributed by atoms with Crippen LogP contribution >= 0.6 is 0 Å². The molecule has 6 nitrogen and oxygen atoms in total. The maximum Gasteiger partial charge on any atom is 0.513 e. The molecule has 0 amide bonds. The molecule has 1 atom stereocenters. The molecule has 124 valence electrons. The molecule has 0 radical (unpaired) electrons. The zero-order valence-corrected chi connectivity index (χ0v) is 13.6. The number of hydrogen-bond acceptors (Lipinski definition) is 5.